The van der Waals surface area contributed by atoms with Crippen LogP contribution in [0.15, 0.2) is 0 Å². The van der Waals surface area contributed by atoms with Crippen molar-refractivity contribution in [3.8, 4) is 0 Å². The Labute approximate surface area is 118 Å². The number of unbranched alkanes of at least 4 members (excludes halogenated alkanes) is 1. The van der Waals surface area contributed by atoms with Gasteiger partial charge < -0.3 is 4.90 Å². The Morgan fingerprint density at radius 2 is 1.90 bits per heavy atom. The maximum Gasteiger partial charge on any atom is 0.391 e. The van der Waals surface area contributed by atoms with Gasteiger partial charge in [-0.2, -0.15) is 13.2 Å². The van der Waals surface area contributed by atoms with Crippen LogP contribution in [0.1, 0.15) is 59.3 Å². The molecule has 3 atom stereocenters. The fourth-order valence-corrected chi connectivity index (χ4v) is 2.79. The molecular formula is C14H25F3N2O. The smallest absolute Gasteiger partial charge is 0.323 e. The maximum absolute atomic E-state index is 12.5. The van der Waals surface area contributed by atoms with E-state index in [-0.39, 0.29) is 18.1 Å². The van der Waals surface area contributed by atoms with Crippen LogP contribution in [-0.2, 0) is 4.79 Å². The number of carbonyl (C=O) groups excluding carboxylic acids is 1. The molecule has 20 heavy (non-hydrogen) atoms. The first-order valence-corrected chi connectivity index (χ1v) is 7.45. The molecule has 1 rings (SSSR count). The molecule has 3 nitrogen and oxygen atoms in total. The number of hydrogen-bond acceptors (Lipinski definition) is 2. The molecule has 1 aliphatic rings. The first-order chi connectivity index (χ1) is 9.30. The molecule has 1 N–H and O–H groups in total. The highest BCUT2D eigenvalue weighted by atomic mass is 19.4. The van der Waals surface area contributed by atoms with Crippen LogP contribution in [0.3, 0.4) is 0 Å². The van der Waals surface area contributed by atoms with E-state index in [1.165, 1.54) is 11.8 Å². The van der Waals surface area contributed by atoms with Crippen LogP contribution in [0.25, 0.3) is 0 Å². The standard InChI is InChI=1S/C14H25F3N2O/c1-4-6-8-11-13(20)19(12(18-11)7-5-2)10(3)9-14(15,16)17/h10-12,18H,4-9H2,1-3H3. The third kappa shape index (κ3) is 4.65. The molecule has 0 spiro atoms. The number of rotatable bonds is 7. The lowest BCUT2D eigenvalue weighted by atomic mass is 10.1. The number of nitrogens with one attached hydrogen (secondary N) is 1. The van der Waals surface area contributed by atoms with Gasteiger partial charge >= 0.3 is 6.18 Å². The van der Waals surface area contributed by atoms with Crippen molar-refractivity contribution in [3.63, 3.8) is 0 Å². The Balaban J connectivity index is 2.75. The number of nitrogens with zero attached hydrogens (tertiary/aromatic N) is 1. The van der Waals surface area contributed by atoms with Crippen LogP contribution in [-0.4, -0.2) is 35.2 Å². The number of halogens is 3. The summed E-state index contributed by atoms with van der Waals surface area (Å²) in [7, 11) is 0. The molecule has 0 aromatic carbocycles. The Morgan fingerprint density at radius 3 is 2.40 bits per heavy atom. The van der Waals surface area contributed by atoms with Crippen molar-refractivity contribution in [2.75, 3.05) is 0 Å². The Bertz CT molecular complexity index is 320. The number of amides is 1. The van der Waals surface area contributed by atoms with Gasteiger partial charge in [0.05, 0.1) is 18.6 Å². The summed E-state index contributed by atoms with van der Waals surface area (Å²) in [4.78, 5) is 13.7. The lowest BCUT2D eigenvalue weighted by Gasteiger charge is -2.30. The highest BCUT2D eigenvalue weighted by molar-refractivity contribution is 5.84. The number of alkyl halides is 3. The molecule has 0 aromatic rings. The summed E-state index contributed by atoms with van der Waals surface area (Å²) >= 11 is 0. The van der Waals surface area contributed by atoms with Gasteiger partial charge in [0, 0.05) is 6.04 Å². The molecule has 1 fully saturated rings. The quantitative estimate of drug-likeness (QED) is 0.780. The summed E-state index contributed by atoms with van der Waals surface area (Å²) in [5, 5.41) is 3.20. The molecule has 0 aromatic heterocycles. The van der Waals surface area contributed by atoms with Gasteiger partial charge in [0.2, 0.25) is 5.91 Å². The zero-order valence-corrected chi connectivity index (χ0v) is 12.5. The molecule has 0 saturated carbocycles. The lowest BCUT2D eigenvalue weighted by molar-refractivity contribution is -0.153. The van der Waals surface area contributed by atoms with Crippen molar-refractivity contribution in [3.05, 3.63) is 0 Å². The molecule has 0 aliphatic carbocycles. The van der Waals surface area contributed by atoms with E-state index < -0.39 is 18.6 Å². The number of hydrogen-bond donors (Lipinski definition) is 1. The average Bonchev–Trinajstić information content (AvgIpc) is 2.61. The highest BCUT2D eigenvalue weighted by Gasteiger charge is 2.43. The van der Waals surface area contributed by atoms with Crippen LogP contribution in [0.4, 0.5) is 13.2 Å². The number of carbonyl (C=O) groups is 1. The molecule has 1 amide bonds. The van der Waals surface area contributed by atoms with Crippen LogP contribution in [0.5, 0.6) is 0 Å². The summed E-state index contributed by atoms with van der Waals surface area (Å²) in [5.74, 6) is -0.173. The van der Waals surface area contributed by atoms with E-state index in [0.29, 0.717) is 12.8 Å². The van der Waals surface area contributed by atoms with Gasteiger partial charge in [-0.05, 0) is 19.8 Å². The summed E-state index contributed by atoms with van der Waals surface area (Å²) in [6, 6.07) is -1.12. The molecule has 0 radical (unpaired) electrons. The normalized spacial score (nSPS) is 25.3. The maximum atomic E-state index is 12.5. The van der Waals surface area contributed by atoms with E-state index >= 15 is 0 Å². The van der Waals surface area contributed by atoms with E-state index in [1.807, 2.05) is 13.8 Å². The predicted octanol–water partition coefficient (Wildman–Crippen LogP) is 3.44. The molecular weight excluding hydrogens is 269 g/mol. The lowest BCUT2D eigenvalue weighted by Crippen LogP contribution is -2.45. The van der Waals surface area contributed by atoms with Crippen molar-refractivity contribution >= 4 is 5.91 Å². The van der Waals surface area contributed by atoms with Gasteiger partial charge in [0.25, 0.3) is 0 Å². The topological polar surface area (TPSA) is 32.3 Å². The van der Waals surface area contributed by atoms with Gasteiger partial charge in [-0.25, -0.2) is 0 Å². The molecule has 118 valence electrons. The van der Waals surface area contributed by atoms with E-state index in [2.05, 4.69) is 5.32 Å². The van der Waals surface area contributed by atoms with E-state index in [9.17, 15) is 18.0 Å². The predicted molar refractivity (Wildman–Crippen MR) is 72.1 cm³/mol. The third-order valence-electron chi connectivity index (χ3n) is 3.69. The fourth-order valence-electron chi connectivity index (χ4n) is 2.79. The van der Waals surface area contributed by atoms with Crippen molar-refractivity contribution in [1.82, 2.24) is 10.2 Å². The van der Waals surface area contributed by atoms with Crippen LogP contribution in [0.2, 0.25) is 0 Å². The van der Waals surface area contributed by atoms with E-state index in [1.54, 1.807) is 0 Å². The van der Waals surface area contributed by atoms with Crippen molar-refractivity contribution in [2.24, 2.45) is 0 Å². The Kier molecular flexibility index (Phi) is 6.30. The summed E-state index contributed by atoms with van der Waals surface area (Å²) in [6.07, 6.45) is -1.33. The summed E-state index contributed by atoms with van der Waals surface area (Å²) in [6.45, 7) is 5.49. The van der Waals surface area contributed by atoms with Gasteiger partial charge in [0.1, 0.15) is 0 Å². The van der Waals surface area contributed by atoms with Gasteiger partial charge in [-0.1, -0.05) is 33.1 Å². The summed E-state index contributed by atoms with van der Waals surface area (Å²) < 4.78 is 37.6. The minimum absolute atomic E-state index is 0.173. The zero-order chi connectivity index (χ0) is 15.3. The van der Waals surface area contributed by atoms with Crippen molar-refractivity contribution < 1.29 is 18.0 Å². The van der Waals surface area contributed by atoms with Crippen molar-refractivity contribution in [1.29, 1.82) is 0 Å². The monoisotopic (exact) mass is 294 g/mol. The fraction of sp³-hybridized carbons (Fsp3) is 0.929. The van der Waals surface area contributed by atoms with E-state index in [4.69, 9.17) is 0 Å². The van der Waals surface area contributed by atoms with Gasteiger partial charge in [-0.15, -0.1) is 0 Å². The average molecular weight is 294 g/mol. The third-order valence-corrected chi connectivity index (χ3v) is 3.69. The Morgan fingerprint density at radius 1 is 1.25 bits per heavy atom. The molecule has 0 bridgehead atoms. The zero-order valence-electron chi connectivity index (χ0n) is 12.5. The van der Waals surface area contributed by atoms with Gasteiger partial charge in [-0.3, -0.25) is 10.1 Å². The molecule has 6 heteroatoms. The first kappa shape index (κ1) is 17.3. The minimum atomic E-state index is -4.24. The second-order valence-corrected chi connectivity index (χ2v) is 5.58. The molecule has 1 saturated heterocycles. The molecule has 3 unspecified atom stereocenters. The van der Waals surface area contributed by atoms with Gasteiger partial charge in [0.15, 0.2) is 0 Å². The largest absolute Gasteiger partial charge is 0.391 e. The highest BCUT2D eigenvalue weighted by Crippen LogP contribution is 2.28. The summed E-state index contributed by atoms with van der Waals surface area (Å²) in [5.41, 5.74) is 0. The first-order valence-electron chi connectivity index (χ1n) is 7.45. The van der Waals surface area contributed by atoms with Crippen molar-refractivity contribution in [2.45, 2.75) is 83.7 Å². The SMILES string of the molecule is CCCCC1NC(CCC)N(C(C)CC(F)(F)F)C1=O. The van der Waals surface area contributed by atoms with Crippen LogP contribution in [0, 0.1) is 0 Å². The molecule has 1 heterocycles. The second kappa shape index (κ2) is 7.29. The Hall–Kier alpha value is -0.780. The van der Waals surface area contributed by atoms with E-state index in [0.717, 1.165) is 19.3 Å². The van der Waals surface area contributed by atoms with Crippen LogP contribution < -0.4 is 5.32 Å². The second-order valence-electron chi connectivity index (χ2n) is 5.58. The minimum Gasteiger partial charge on any atom is -0.323 e. The van der Waals surface area contributed by atoms with Crippen LogP contribution >= 0.6 is 0 Å². The molecule has 1 aliphatic heterocycles.